The Kier molecular flexibility index (Phi) is 6.06. The number of aromatic carboxylic acids is 1. The molecule has 2 N–H and O–H groups in total. The van der Waals surface area contributed by atoms with Crippen LogP contribution >= 0.6 is 0 Å². The highest BCUT2D eigenvalue weighted by atomic mass is 16.4. The largest absolute Gasteiger partial charge is 0.478 e. The molecule has 2 aliphatic heterocycles. The standard InChI is InChI=1S/C25H25N3O3/c1-18(20-9-11-21(12-10-20)25(30)31)28-17-26-23-13-15-27(16-22(23)24(28)29)14-5-8-19-6-3-2-4-7-19/h2-4,6-7,9-12,18,26H,13-17H2,1H3,(H,30,31). The second-order valence-electron chi connectivity index (χ2n) is 7.80. The van der Waals surface area contributed by atoms with E-state index in [2.05, 4.69) is 22.1 Å². The van der Waals surface area contributed by atoms with Crippen molar-refractivity contribution in [2.24, 2.45) is 0 Å². The van der Waals surface area contributed by atoms with Gasteiger partial charge in [0.25, 0.3) is 5.91 Å². The van der Waals surface area contributed by atoms with Crippen molar-refractivity contribution in [2.45, 2.75) is 19.4 Å². The van der Waals surface area contributed by atoms with Gasteiger partial charge in [0.15, 0.2) is 0 Å². The Balaban J connectivity index is 1.43. The van der Waals surface area contributed by atoms with E-state index >= 15 is 0 Å². The Bertz CT molecular complexity index is 1060. The van der Waals surface area contributed by atoms with Crippen LogP contribution in [0.1, 0.15) is 40.9 Å². The molecule has 0 saturated carbocycles. The summed E-state index contributed by atoms with van der Waals surface area (Å²) < 4.78 is 0. The first-order valence-electron chi connectivity index (χ1n) is 10.4. The van der Waals surface area contributed by atoms with Crippen LogP contribution < -0.4 is 5.32 Å². The molecule has 4 rings (SSSR count). The van der Waals surface area contributed by atoms with Crippen LogP contribution in [-0.2, 0) is 4.79 Å². The van der Waals surface area contributed by atoms with Crippen LogP contribution in [0.3, 0.4) is 0 Å². The summed E-state index contributed by atoms with van der Waals surface area (Å²) >= 11 is 0. The molecule has 0 aliphatic carbocycles. The smallest absolute Gasteiger partial charge is 0.335 e. The van der Waals surface area contributed by atoms with Crippen LogP contribution in [-0.4, -0.2) is 53.1 Å². The molecule has 0 spiro atoms. The Morgan fingerprint density at radius 1 is 1.16 bits per heavy atom. The highest BCUT2D eigenvalue weighted by molar-refractivity contribution is 5.96. The summed E-state index contributed by atoms with van der Waals surface area (Å²) in [4.78, 5) is 28.3. The van der Waals surface area contributed by atoms with Crippen molar-refractivity contribution in [3.8, 4) is 11.8 Å². The lowest BCUT2D eigenvalue weighted by molar-refractivity contribution is -0.131. The number of carboxylic acids is 1. The van der Waals surface area contributed by atoms with E-state index in [0.717, 1.165) is 35.4 Å². The molecule has 1 atom stereocenters. The maximum Gasteiger partial charge on any atom is 0.335 e. The number of carbonyl (C=O) groups excluding carboxylic acids is 1. The summed E-state index contributed by atoms with van der Waals surface area (Å²) in [5.41, 5.74) is 3.97. The van der Waals surface area contributed by atoms with Crippen LogP contribution in [0.5, 0.6) is 0 Å². The second kappa shape index (κ2) is 9.07. The van der Waals surface area contributed by atoms with Crippen molar-refractivity contribution in [1.82, 2.24) is 15.1 Å². The minimum Gasteiger partial charge on any atom is -0.478 e. The van der Waals surface area contributed by atoms with E-state index in [0.29, 0.717) is 19.8 Å². The van der Waals surface area contributed by atoms with Crippen molar-refractivity contribution in [3.63, 3.8) is 0 Å². The van der Waals surface area contributed by atoms with E-state index in [1.165, 1.54) is 0 Å². The van der Waals surface area contributed by atoms with Gasteiger partial charge in [-0.05, 0) is 36.8 Å². The fraction of sp³-hybridized carbons (Fsp3) is 0.280. The molecule has 0 bridgehead atoms. The predicted molar refractivity (Wildman–Crippen MR) is 118 cm³/mol. The van der Waals surface area contributed by atoms with Gasteiger partial charge in [-0.25, -0.2) is 4.79 Å². The van der Waals surface area contributed by atoms with Gasteiger partial charge in [0.05, 0.1) is 30.4 Å². The van der Waals surface area contributed by atoms with Crippen molar-refractivity contribution in [1.29, 1.82) is 0 Å². The SMILES string of the molecule is CC(c1ccc(C(=O)O)cc1)N1CNC2=C(CN(CC#Cc3ccccc3)CC2)C1=O. The molecule has 0 radical (unpaired) electrons. The van der Waals surface area contributed by atoms with Crippen LogP contribution in [0.2, 0.25) is 0 Å². The van der Waals surface area contributed by atoms with E-state index in [1.807, 2.05) is 37.3 Å². The van der Waals surface area contributed by atoms with Gasteiger partial charge in [-0.3, -0.25) is 9.69 Å². The summed E-state index contributed by atoms with van der Waals surface area (Å²) in [6, 6.07) is 16.4. The zero-order chi connectivity index (χ0) is 21.8. The zero-order valence-corrected chi connectivity index (χ0v) is 17.5. The topological polar surface area (TPSA) is 72.9 Å². The number of amides is 1. The monoisotopic (exact) mass is 415 g/mol. The Labute approximate surface area is 182 Å². The molecular formula is C25H25N3O3. The van der Waals surface area contributed by atoms with Crippen LogP contribution in [0.4, 0.5) is 0 Å². The lowest BCUT2D eigenvalue weighted by Gasteiger charge is -2.39. The van der Waals surface area contributed by atoms with Gasteiger partial charge in [-0.2, -0.15) is 0 Å². The summed E-state index contributed by atoms with van der Waals surface area (Å²) in [7, 11) is 0. The first-order chi connectivity index (χ1) is 15.0. The van der Waals surface area contributed by atoms with Crippen molar-refractivity contribution in [3.05, 3.63) is 82.6 Å². The molecule has 0 fully saturated rings. The van der Waals surface area contributed by atoms with Crippen LogP contribution in [0, 0.1) is 11.8 Å². The van der Waals surface area contributed by atoms with Crippen molar-refractivity contribution in [2.75, 3.05) is 26.3 Å². The van der Waals surface area contributed by atoms with Crippen molar-refractivity contribution < 1.29 is 14.7 Å². The Hall–Kier alpha value is -3.56. The number of carbonyl (C=O) groups is 2. The van der Waals surface area contributed by atoms with Crippen molar-refractivity contribution >= 4 is 11.9 Å². The number of rotatable bonds is 4. The number of hydrogen-bond acceptors (Lipinski definition) is 4. The first-order valence-corrected chi connectivity index (χ1v) is 10.4. The fourth-order valence-electron chi connectivity index (χ4n) is 3.94. The normalized spacial score (nSPS) is 17.3. The molecule has 2 aromatic rings. The van der Waals surface area contributed by atoms with Gasteiger partial charge < -0.3 is 15.3 Å². The second-order valence-corrected chi connectivity index (χ2v) is 7.80. The molecule has 2 heterocycles. The number of hydrogen-bond donors (Lipinski definition) is 2. The molecule has 0 aromatic heterocycles. The minimum absolute atomic E-state index is 0.0317. The third-order valence-electron chi connectivity index (χ3n) is 5.82. The summed E-state index contributed by atoms with van der Waals surface area (Å²) in [6.45, 7) is 4.48. The van der Waals surface area contributed by atoms with Gasteiger partial charge in [0.1, 0.15) is 0 Å². The third kappa shape index (κ3) is 4.62. The molecule has 0 saturated heterocycles. The highest BCUT2D eigenvalue weighted by Gasteiger charge is 2.33. The van der Waals surface area contributed by atoms with Crippen LogP contribution in [0.15, 0.2) is 65.9 Å². The summed E-state index contributed by atoms with van der Waals surface area (Å²) in [5.74, 6) is 5.47. The highest BCUT2D eigenvalue weighted by Crippen LogP contribution is 2.28. The van der Waals surface area contributed by atoms with E-state index in [-0.39, 0.29) is 17.5 Å². The average molecular weight is 415 g/mol. The van der Waals surface area contributed by atoms with Gasteiger partial charge in [-0.1, -0.05) is 42.2 Å². The van der Waals surface area contributed by atoms with E-state index in [1.54, 1.807) is 29.2 Å². The number of benzene rings is 2. The number of nitrogens with zero attached hydrogens (tertiary/aromatic N) is 2. The van der Waals surface area contributed by atoms with Gasteiger partial charge >= 0.3 is 5.97 Å². The molecule has 1 unspecified atom stereocenters. The van der Waals surface area contributed by atoms with Gasteiger partial charge in [0, 0.05) is 30.8 Å². The maximum absolute atomic E-state index is 13.3. The maximum atomic E-state index is 13.3. The lowest BCUT2D eigenvalue weighted by Crippen LogP contribution is -2.50. The molecule has 6 nitrogen and oxygen atoms in total. The summed E-state index contributed by atoms with van der Waals surface area (Å²) in [5, 5.41) is 12.5. The minimum atomic E-state index is -0.956. The number of carboxylic acid groups (broad SMARTS) is 1. The molecule has 2 aromatic carbocycles. The quantitative estimate of drug-likeness (QED) is 0.752. The average Bonchev–Trinajstić information content (AvgIpc) is 2.80. The first kappa shape index (κ1) is 20.7. The Morgan fingerprint density at radius 3 is 2.61 bits per heavy atom. The number of nitrogens with one attached hydrogen (secondary N) is 1. The zero-order valence-electron chi connectivity index (χ0n) is 17.5. The third-order valence-corrected chi connectivity index (χ3v) is 5.82. The Morgan fingerprint density at radius 2 is 1.90 bits per heavy atom. The molecular weight excluding hydrogens is 390 g/mol. The van der Waals surface area contributed by atoms with Gasteiger partial charge in [0.2, 0.25) is 0 Å². The molecule has 158 valence electrons. The lowest BCUT2D eigenvalue weighted by atomic mass is 9.99. The van der Waals surface area contributed by atoms with E-state index in [4.69, 9.17) is 5.11 Å². The van der Waals surface area contributed by atoms with E-state index < -0.39 is 5.97 Å². The van der Waals surface area contributed by atoms with Gasteiger partial charge in [-0.15, -0.1) is 0 Å². The molecule has 6 heteroatoms. The summed E-state index contributed by atoms with van der Waals surface area (Å²) in [6.07, 6.45) is 0.809. The molecule has 2 aliphatic rings. The molecule has 31 heavy (non-hydrogen) atoms. The van der Waals surface area contributed by atoms with Crippen LogP contribution in [0.25, 0.3) is 0 Å². The predicted octanol–water partition coefficient (Wildman–Crippen LogP) is 2.85. The fourth-order valence-corrected chi connectivity index (χ4v) is 3.94. The molecule has 1 amide bonds. The van der Waals surface area contributed by atoms with E-state index in [9.17, 15) is 9.59 Å².